The third-order valence-electron chi connectivity index (χ3n) is 4.39. The molecule has 5 nitrogen and oxygen atoms in total. The molecule has 0 aliphatic rings. The van der Waals surface area contributed by atoms with E-state index in [1.807, 2.05) is 42.5 Å². The average molecular weight is 390 g/mol. The highest BCUT2D eigenvalue weighted by Crippen LogP contribution is 2.15. The topological polar surface area (TPSA) is 64.0 Å². The molecule has 0 saturated carbocycles. The number of aromatic nitrogens is 2. The molecule has 1 N–H and O–H groups in total. The molecule has 1 aromatic heterocycles. The Kier molecular flexibility index (Phi) is 4.91. The second-order valence-electron chi connectivity index (χ2n) is 6.36. The van der Waals surface area contributed by atoms with Crippen LogP contribution in [0.15, 0.2) is 83.9 Å². The van der Waals surface area contributed by atoms with Crippen LogP contribution >= 0.6 is 11.6 Å². The minimum Gasteiger partial charge on any atom is -0.322 e. The van der Waals surface area contributed by atoms with Gasteiger partial charge in [0.25, 0.3) is 11.5 Å². The molecular formula is C22H16ClN3O2. The van der Waals surface area contributed by atoms with Gasteiger partial charge in [0.05, 0.1) is 23.8 Å². The smallest absolute Gasteiger partial charge is 0.261 e. The molecule has 0 unspecified atom stereocenters. The van der Waals surface area contributed by atoms with Crippen molar-refractivity contribution in [2.45, 2.75) is 6.54 Å². The van der Waals surface area contributed by atoms with Gasteiger partial charge in [-0.3, -0.25) is 14.2 Å². The molecule has 1 amide bonds. The summed E-state index contributed by atoms with van der Waals surface area (Å²) >= 11 is 5.95. The predicted octanol–water partition coefficient (Wildman–Crippen LogP) is 4.35. The van der Waals surface area contributed by atoms with Gasteiger partial charge in [-0.15, -0.1) is 0 Å². The van der Waals surface area contributed by atoms with Gasteiger partial charge in [-0.05, 0) is 48.0 Å². The van der Waals surface area contributed by atoms with Crippen molar-refractivity contribution in [3.8, 4) is 0 Å². The number of benzene rings is 3. The Hall–Kier alpha value is -3.44. The fraction of sp³-hybridized carbons (Fsp3) is 0.0455. The molecule has 3 aromatic carbocycles. The summed E-state index contributed by atoms with van der Waals surface area (Å²) in [6.07, 6.45) is 1.51. The predicted molar refractivity (Wildman–Crippen MR) is 111 cm³/mol. The largest absolute Gasteiger partial charge is 0.322 e. The van der Waals surface area contributed by atoms with E-state index in [9.17, 15) is 9.59 Å². The number of para-hydroxylation sites is 1. The van der Waals surface area contributed by atoms with Crippen LogP contribution in [0.1, 0.15) is 15.9 Å². The van der Waals surface area contributed by atoms with Gasteiger partial charge in [0.2, 0.25) is 0 Å². The lowest BCUT2D eigenvalue weighted by Crippen LogP contribution is -2.21. The summed E-state index contributed by atoms with van der Waals surface area (Å²) in [5.41, 5.74) is 2.62. The third kappa shape index (κ3) is 3.80. The third-order valence-corrected chi connectivity index (χ3v) is 4.62. The molecule has 4 rings (SSSR count). The van der Waals surface area contributed by atoms with Crippen molar-refractivity contribution in [3.63, 3.8) is 0 Å². The Labute approximate surface area is 166 Å². The quantitative estimate of drug-likeness (QED) is 0.564. The molecule has 0 atom stereocenters. The van der Waals surface area contributed by atoms with Gasteiger partial charge < -0.3 is 5.32 Å². The number of carbonyl (C=O) groups is 1. The maximum absolute atomic E-state index is 12.6. The summed E-state index contributed by atoms with van der Waals surface area (Å²) in [5, 5.41) is 3.91. The van der Waals surface area contributed by atoms with Crippen LogP contribution in [0, 0.1) is 0 Å². The number of carbonyl (C=O) groups excluding carboxylic acids is 1. The number of anilines is 1. The zero-order valence-electron chi connectivity index (χ0n) is 14.8. The zero-order chi connectivity index (χ0) is 19.5. The first-order valence-electron chi connectivity index (χ1n) is 8.70. The number of hydrogen-bond donors (Lipinski definition) is 1. The van der Waals surface area contributed by atoms with Crippen LogP contribution in [0.5, 0.6) is 0 Å². The van der Waals surface area contributed by atoms with Crippen molar-refractivity contribution >= 4 is 34.1 Å². The summed E-state index contributed by atoms with van der Waals surface area (Å²) < 4.78 is 1.54. The van der Waals surface area contributed by atoms with Crippen LogP contribution < -0.4 is 10.9 Å². The highest BCUT2D eigenvalue weighted by atomic mass is 35.5. The standard InChI is InChI=1S/C22H16ClN3O2/c23-17-10-11-19-20(12-17)24-14-26(22(19)28)13-15-6-8-16(9-7-15)21(27)25-18-4-2-1-3-5-18/h1-12,14H,13H2,(H,25,27). The average Bonchev–Trinajstić information content (AvgIpc) is 2.71. The van der Waals surface area contributed by atoms with E-state index >= 15 is 0 Å². The number of rotatable bonds is 4. The first-order chi connectivity index (χ1) is 13.6. The lowest BCUT2D eigenvalue weighted by Gasteiger charge is -2.09. The second-order valence-corrected chi connectivity index (χ2v) is 6.79. The number of nitrogens with zero attached hydrogens (tertiary/aromatic N) is 2. The zero-order valence-corrected chi connectivity index (χ0v) is 15.6. The monoisotopic (exact) mass is 389 g/mol. The molecule has 28 heavy (non-hydrogen) atoms. The molecule has 0 spiro atoms. The van der Waals surface area contributed by atoms with E-state index in [1.165, 1.54) is 10.9 Å². The number of halogens is 1. The molecule has 4 aromatic rings. The number of amides is 1. The van der Waals surface area contributed by atoms with E-state index in [0.29, 0.717) is 28.0 Å². The highest BCUT2D eigenvalue weighted by molar-refractivity contribution is 6.31. The maximum atomic E-state index is 12.6. The Morgan fingerprint density at radius 3 is 2.50 bits per heavy atom. The second kappa shape index (κ2) is 7.66. The molecule has 0 radical (unpaired) electrons. The molecular weight excluding hydrogens is 374 g/mol. The lowest BCUT2D eigenvalue weighted by atomic mass is 10.1. The van der Waals surface area contributed by atoms with Crippen LogP contribution in [-0.2, 0) is 6.54 Å². The Morgan fingerprint density at radius 2 is 1.75 bits per heavy atom. The molecule has 0 bridgehead atoms. The molecule has 0 aliphatic carbocycles. The first kappa shape index (κ1) is 17.9. The number of hydrogen-bond acceptors (Lipinski definition) is 3. The van der Waals surface area contributed by atoms with Crippen molar-refractivity contribution in [2.24, 2.45) is 0 Å². The number of fused-ring (bicyclic) bond motifs is 1. The normalized spacial score (nSPS) is 10.8. The summed E-state index contributed by atoms with van der Waals surface area (Å²) in [6.45, 7) is 0.366. The Bertz CT molecular complexity index is 1200. The van der Waals surface area contributed by atoms with Gasteiger partial charge in [0.1, 0.15) is 0 Å². The molecule has 6 heteroatoms. The Morgan fingerprint density at radius 1 is 1.00 bits per heavy atom. The fourth-order valence-electron chi connectivity index (χ4n) is 2.93. The van der Waals surface area contributed by atoms with Gasteiger partial charge in [-0.2, -0.15) is 0 Å². The van der Waals surface area contributed by atoms with E-state index < -0.39 is 0 Å². The van der Waals surface area contributed by atoms with Crippen molar-refractivity contribution in [2.75, 3.05) is 5.32 Å². The molecule has 1 heterocycles. The van der Waals surface area contributed by atoms with Crippen molar-refractivity contribution in [1.82, 2.24) is 9.55 Å². The summed E-state index contributed by atoms with van der Waals surface area (Å²) in [7, 11) is 0. The highest BCUT2D eigenvalue weighted by Gasteiger charge is 2.08. The van der Waals surface area contributed by atoms with Crippen LogP contribution in [-0.4, -0.2) is 15.5 Å². The minimum absolute atomic E-state index is 0.132. The first-order valence-corrected chi connectivity index (χ1v) is 9.08. The SMILES string of the molecule is O=C(Nc1ccccc1)c1ccc(Cn2cnc3cc(Cl)ccc3c2=O)cc1. The minimum atomic E-state index is -0.181. The van der Waals surface area contributed by atoms with Gasteiger partial charge in [-0.1, -0.05) is 41.9 Å². The fourth-order valence-corrected chi connectivity index (χ4v) is 3.09. The van der Waals surface area contributed by atoms with Crippen molar-refractivity contribution < 1.29 is 4.79 Å². The van der Waals surface area contributed by atoms with Crippen molar-refractivity contribution in [3.05, 3.63) is 106 Å². The van der Waals surface area contributed by atoms with Gasteiger partial charge in [-0.25, -0.2) is 4.98 Å². The summed E-state index contributed by atoms with van der Waals surface area (Å²) in [5.74, 6) is -0.181. The van der Waals surface area contributed by atoms with E-state index in [-0.39, 0.29) is 11.5 Å². The maximum Gasteiger partial charge on any atom is 0.261 e. The van der Waals surface area contributed by atoms with Gasteiger partial charge in [0.15, 0.2) is 0 Å². The van der Waals surface area contributed by atoms with Crippen LogP contribution in [0.3, 0.4) is 0 Å². The lowest BCUT2D eigenvalue weighted by molar-refractivity contribution is 0.102. The van der Waals surface area contributed by atoms with Crippen LogP contribution in [0.2, 0.25) is 5.02 Å². The summed E-state index contributed by atoms with van der Waals surface area (Å²) in [4.78, 5) is 29.3. The van der Waals surface area contributed by atoms with Gasteiger partial charge in [0, 0.05) is 16.3 Å². The van der Waals surface area contributed by atoms with Gasteiger partial charge >= 0.3 is 0 Å². The van der Waals surface area contributed by atoms with Crippen LogP contribution in [0.4, 0.5) is 5.69 Å². The Balaban J connectivity index is 1.52. The number of nitrogens with one attached hydrogen (secondary N) is 1. The molecule has 0 fully saturated rings. The van der Waals surface area contributed by atoms with E-state index in [0.717, 1.165) is 11.3 Å². The van der Waals surface area contributed by atoms with E-state index in [4.69, 9.17) is 11.6 Å². The van der Waals surface area contributed by atoms with E-state index in [2.05, 4.69) is 10.3 Å². The van der Waals surface area contributed by atoms with Crippen molar-refractivity contribution in [1.29, 1.82) is 0 Å². The molecule has 138 valence electrons. The van der Waals surface area contributed by atoms with Crippen LogP contribution in [0.25, 0.3) is 10.9 Å². The molecule has 0 aliphatic heterocycles. The van der Waals surface area contributed by atoms with E-state index in [1.54, 1.807) is 30.3 Å². The summed E-state index contributed by atoms with van der Waals surface area (Å²) in [6, 6.07) is 21.5. The molecule has 0 saturated heterocycles.